The van der Waals surface area contributed by atoms with Crippen molar-refractivity contribution in [2.45, 2.75) is 25.8 Å². The van der Waals surface area contributed by atoms with E-state index >= 15 is 0 Å². The van der Waals surface area contributed by atoms with Crippen molar-refractivity contribution in [2.24, 2.45) is 0 Å². The van der Waals surface area contributed by atoms with Gasteiger partial charge in [-0.25, -0.2) is 9.48 Å². The lowest BCUT2D eigenvalue weighted by molar-refractivity contribution is 0.209. The predicted molar refractivity (Wildman–Crippen MR) is 81.6 cm³/mol. The molecule has 20 heavy (non-hydrogen) atoms. The van der Waals surface area contributed by atoms with Crippen LogP contribution in [0.25, 0.3) is 5.57 Å². The van der Waals surface area contributed by atoms with E-state index in [0.29, 0.717) is 5.82 Å². The van der Waals surface area contributed by atoms with E-state index < -0.39 is 0 Å². The first-order valence-electron chi connectivity index (χ1n) is 6.99. The first-order valence-corrected chi connectivity index (χ1v) is 6.99. The van der Waals surface area contributed by atoms with Gasteiger partial charge in [-0.1, -0.05) is 30.9 Å². The fourth-order valence-corrected chi connectivity index (χ4v) is 2.44. The van der Waals surface area contributed by atoms with Gasteiger partial charge in [-0.2, -0.15) is 0 Å². The molecular weight excluding hydrogens is 252 g/mol. The second-order valence-electron chi connectivity index (χ2n) is 5.10. The Bertz CT molecular complexity index is 571. The average Bonchev–Trinajstić information content (AvgIpc) is 2.82. The molecule has 0 spiro atoms. The van der Waals surface area contributed by atoms with Gasteiger partial charge in [0.2, 0.25) is 0 Å². The fraction of sp³-hybridized carbons (Fsp3) is 0.467. The highest BCUT2D eigenvalue weighted by molar-refractivity contribution is 5.69. The van der Waals surface area contributed by atoms with Crippen LogP contribution in [-0.2, 0) is 0 Å². The summed E-state index contributed by atoms with van der Waals surface area (Å²) < 4.78 is 1.60. The van der Waals surface area contributed by atoms with Crippen molar-refractivity contribution in [3.05, 3.63) is 47.2 Å². The van der Waals surface area contributed by atoms with E-state index in [0.717, 1.165) is 31.5 Å². The SMILES string of the molecule is C=C/C=C\C(=C/C)c1nn(C2CCN(C)CC2)c(=O)[nH]1. The lowest BCUT2D eigenvalue weighted by Gasteiger charge is -2.28. The summed E-state index contributed by atoms with van der Waals surface area (Å²) in [5.74, 6) is 0.620. The van der Waals surface area contributed by atoms with E-state index in [1.165, 1.54) is 0 Å². The number of hydrogen-bond acceptors (Lipinski definition) is 3. The van der Waals surface area contributed by atoms with Gasteiger partial charge in [0, 0.05) is 5.57 Å². The monoisotopic (exact) mass is 274 g/mol. The Morgan fingerprint density at radius 2 is 2.15 bits per heavy atom. The van der Waals surface area contributed by atoms with Gasteiger partial charge in [0.1, 0.15) is 0 Å². The molecule has 0 saturated carbocycles. The van der Waals surface area contributed by atoms with E-state index in [2.05, 4.69) is 28.6 Å². The van der Waals surface area contributed by atoms with Crippen LogP contribution in [-0.4, -0.2) is 39.8 Å². The summed E-state index contributed by atoms with van der Waals surface area (Å²) in [5.41, 5.74) is 0.773. The van der Waals surface area contributed by atoms with E-state index in [9.17, 15) is 4.79 Å². The topological polar surface area (TPSA) is 53.9 Å². The molecule has 0 radical (unpaired) electrons. The van der Waals surface area contributed by atoms with Crippen LogP contribution in [0.1, 0.15) is 31.6 Å². The highest BCUT2D eigenvalue weighted by Crippen LogP contribution is 2.20. The van der Waals surface area contributed by atoms with Gasteiger partial charge < -0.3 is 4.90 Å². The third kappa shape index (κ3) is 3.17. The molecule has 0 aromatic carbocycles. The maximum atomic E-state index is 12.1. The summed E-state index contributed by atoms with van der Waals surface area (Å²) in [7, 11) is 2.10. The van der Waals surface area contributed by atoms with Gasteiger partial charge in [-0.05, 0) is 39.9 Å². The van der Waals surface area contributed by atoms with Crippen LogP contribution >= 0.6 is 0 Å². The van der Waals surface area contributed by atoms with Crippen LogP contribution < -0.4 is 5.69 Å². The van der Waals surface area contributed by atoms with E-state index in [4.69, 9.17) is 0 Å². The molecule has 1 fully saturated rings. The van der Waals surface area contributed by atoms with E-state index in [1.807, 2.05) is 25.2 Å². The van der Waals surface area contributed by atoms with Crippen molar-refractivity contribution < 1.29 is 0 Å². The van der Waals surface area contributed by atoms with Gasteiger partial charge >= 0.3 is 5.69 Å². The quantitative estimate of drug-likeness (QED) is 0.854. The van der Waals surface area contributed by atoms with Crippen molar-refractivity contribution in [3.8, 4) is 0 Å². The molecular formula is C15H22N4O. The van der Waals surface area contributed by atoms with Gasteiger partial charge in [0.15, 0.2) is 5.82 Å². The average molecular weight is 274 g/mol. The molecule has 2 heterocycles. The predicted octanol–water partition coefficient (Wildman–Crippen LogP) is 1.98. The van der Waals surface area contributed by atoms with Crippen LogP contribution in [0.3, 0.4) is 0 Å². The maximum Gasteiger partial charge on any atom is 0.343 e. The largest absolute Gasteiger partial charge is 0.343 e. The second kappa shape index (κ2) is 6.52. The molecule has 0 amide bonds. The Balaban J connectivity index is 2.23. The molecule has 2 rings (SSSR count). The summed E-state index contributed by atoms with van der Waals surface area (Å²) in [4.78, 5) is 17.2. The smallest absolute Gasteiger partial charge is 0.306 e. The normalized spacial score (nSPS) is 18.8. The van der Waals surface area contributed by atoms with Crippen LogP contribution in [0.4, 0.5) is 0 Å². The Labute approximate surface area is 119 Å². The lowest BCUT2D eigenvalue weighted by atomic mass is 10.1. The number of H-pyrrole nitrogens is 1. The molecule has 1 saturated heterocycles. The maximum absolute atomic E-state index is 12.1. The van der Waals surface area contributed by atoms with Gasteiger partial charge in [-0.3, -0.25) is 4.98 Å². The van der Waals surface area contributed by atoms with Gasteiger partial charge in [0.25, 0.3) is 0 Å². The number of nitrogens with zero attached hydrogens (tertiary/aromatic N) is 3. The van der Waals surface area contributed by atoms with Gasteiger partial charge in [-0.15, -0.1) is 5.10 Å². The zero-order valence-electron chi connectivity index (χ0n) is 12.2. The van der Waals surface area contributed by atoms with Crippen molar-refractivity contribution >= 4 is 5.57 Å². The summed E-state index contributed by atoms with van der Waals surface area (Å²) in [6, 6.07) is 0.199. The van der Waals surface area contributed by atoms with E-state index in [-0.39, 0.29) is 11.7 Å². The van der Waals surface area contributed by atoms with Crippen molar-refractivity contribution in [1.29, 1.82) is 0 Å². The minimum Gasteiger partial charge on any atom is -0.306 e. The third-order valence-corrected chi connectivity index (χ3v) is 3.67. The molecule has 1 aromatic rings. The lowest BCUT2D eigenvalue weighted by Crippen LogP contribution is -2.35. The Hall–Kier alpha value is -1.88. The number of hydrogen-bond donors (Lipinski definition) is 1. The summed E-state index contributed by atoms with van der Waals surface area (Å²) in [6.07, 6.45) is 9.29. The second-order valence-corrected chi connectivity index (χ2v) is 5.10. The zero-order valence-corrected chi connectivity index (χ0v) is 12.2. The summed E-state index contributed by atoms with van der Waals surface area (Å²) in [6.45, 7) is 7.59. The Morgan fingerprint density at radius 1 is 1.45 bits per heavy atom. The standard InChI is InChI=1S/C15H22N4O/c1-4-6-7-12(5-2)14-16-15(20)19(17-14)13-8-10-18(3)11-9-13/h4-7,13H,1,8-11H2,2-3H3,(H,16,17,20)/b7-6-,12-5+. The summed E-state index contributed by atoms with van der Waals surface area (Å²) >= 11 is 0. The Kier molecular flexibility index (Phi) is 4.74. The van der Waals surface area contributed by atoms with Crippen LogP contribution in [0, 0.1) is 0 Å². The zero-order chi connectivity index (χ0) is 14.5. The minimum absolute atomic E-state index is 0.124. The highest BCUT2D eigenvalue weighted by Gasteiger charge is 2.21. The number of nitrogens with one attached hydrogen (secondary N) is 1. The van der Waals surface area contributed by atoms with Gasteiger partial charge in [0.05, 0.1) is 6.04 Å². The number of piperidine rings is 1. The number of rotatable bonds is 4. The third-order valence-electron chi connectivity index (χ3n) is 3.67. The first-order chi connectivity index (χ1) is 9.65. The number of aromatic amines is 1. The molecule has 0 atom stereocenters. The van der Waals surface area contributed by atoms with Crippen molar-refractivity contribution in [3.63, 3.8) is 0 Å². The first kappa shape index (κ1) is 14.5. The molecule has 0 aliphatic carbocycles. The molecule has 0 unspecified atom stereocenters. The van der Waals surface area contributed by atoms with Crippen molar-refractivity contribution in [1.82, 2.24) is 19.7 Å². The summed E-state index contributed by atoms with van der Waals surface area (Å²) in [5, 5.41) is 4.46. The molecule has 5 nitrogen and oxygen atoms in total. The Morgan fingerprint density at radius 3 is 2.75 bits per heavy atom. The minimum atomic E-state index is -0.124. The molecule has 1 aliphatic heterocycles. The molecule has 108 valence electrons. The molecule has 1 N–H and O–H groups in total. The number of aromatic nitrogens is 3. The van der Waals surface area contributed by atoms with E-state index in [1.54, 1.807) is 10.8 Å². The molecule has 0 bridgehead atoms. The fourth-order valence-electron chi connectivity index (χ4n) is 2.44. The van der Waals surface area contributed by atoms with Crippen LogP contribution in [0.2, 0.25) is 0 Å². The molecule has 1 aliphatic rings. The number of allylic oxidation sites excluding steroid dienone is 5. The van der Waals surface area contributed by atoms with Crippen LogP contribution in [0.5, 0.6) is 0 Å². The molecule has 5 heteroatoms. The number of likely N-dealkylation sites (tertiary alicyclic amines) is 1. The molecule has 1 aromatic heterocycles. The van der Waals surface area contributed by atoms with Crippen LogP contribution in [0.15, 0.2) is 35.7 Å². The highest BCUT2D eigenvalue weighted by atomic mass is 16.2. The van der Waals surface area contributed by atoms with Crippen molar-refractivity contribution in [2.75, 3.05) is 20.1 Å².